The Hall–Kier alpha value is -1.76. The molecule has 0 saturated carbocycles. The largest absolute Gasteiger partial charge is 0.444 e. The van der Waals surface area contributed by atoms with E-state index in [-0.39, 0.29) is 12.0 Å². The van der Waals surface area contributed by atoms with Crippen molar-refractivity contribution in [3.8, 4) is 0 Å². The van der Waals surface area contributed by atoms with E-state index in [0.717, 1.165) is 4.47 Å². The molecule has 23 heavy (non-hydrogen) atoms. The molecular weight excluding hydrogens is 362 g/mol. The van der Waals surface area contributed by atoms with Crippen molar-refractivity contribution < 1.29 is 14.3 Å². The van der Waals surface area contributed by atoms with Gasteiger partial charge in [0, 0.05) is 41.9 Å². The highest BCUT2D eigenvalue weighted by atomic mass is 79.9. The van der Waals surface area contributed by atoms with Gasteiger partial charge < -0.3 is 20.3 Å². The molecule has 0 aliphatic carbocycles. The van der Waals surface area contributed by atoms with Crippen LogP contribution in [0.3, 0.4) is 0 Å². The Labute approximate surface area is 144 Å². The average Bonchev–Trinajstić information content (AvgIpc) is 2.44. The van der Waals surface area contributed by atoms with Crippen LogP contribution < -0.4 is 5.73 Å². The monoisotopic (exact) mass is 383 g/mol. The van der Waals surface area contributed by atoms with E-state index >= 15 is 0 Å². The van der Waals surface area contributed by atoms with Crippen LogP contribution in [0.4, 0.5) is 10.5 Å². The van der Waals surface area contributed by atoms with Gasteiger partial charge in [0.05, 0.1) is 0 Å². The van der Waals surface area contributed by atoms with Crippen molar-refractivity contribution in [2.45, 2.75) is 26.4 Å². The van der Waals surface area contributed by atoms with Crippen molar-refractivity contribution in [3.05, 3.63) is 28.2 Å². The molecule has 1 aliphatic heterocycles. The molecule has 126 valence electrons. The molecule has 2 rings (SSSR count). The first-order valence-electron chi connectivity index (χ1n) is 7.49. The second-order valence-corrected chi connectivity index (χ2v) is 7.45. The standard InChI is InChI=1S/C16H22BrN3O3/c1-16(2,3)23-15(22)20-6-4-19(5-7-20)14(21)11-8-12(17)10-13(18)9-11/h8-10H,4-7,18H2,1-3H3. The van der Waals surface area contributed by atoms with Crippen LogP contribution in [0, 0.1) is 0 Å². The Kier molecular flexibility index (Phi) is 5.19. The lowest BCUT2D eigenvalue weighted by Crippen LogP contribution is -2.51. The number of hydrogen-bond donors (Lipinski definition) is 1. The summed E-state index contributed by atoms with van der Waals surface area (Å²) in [7, 11) is 0. The normalized spacial score (nSPS) is 15.5. The Morgan fingerprint density at radius 2 is 1.65 bits per heavy atom. The number of rotatable bonds is 1. The number of halogens is 1. The highest BCUT2D eigenvalue weighted by Gasteiger charge is 2.28. The summed E-state index contributed by atoms with van der Waals surface area (Å²) in [6.45, 7) is 7.39. The van der Waals surface area contributed by atoms with E-state index in [9.17, 15) is 9.59 Å². The fourth-order valence-corrected chi connectivity index (χ4v) is 2.85. The molecule has 7 heteroatoms. The number of anilines is 1. The number of nitrogen functional groups attached to an aromatic ring is 1. The van der Waals surface area contributed by atoms with Crippen molar-refractivity contribution in [1.82, 2.24) is 9.80 Å². The molecule has 1 aromatic rings. The third-order valence-electron chi connectivity index (χ3n) is 3.39. The first-order valence-corrected chi connectivity index (χ1v) is 8.28. The Morgan fingerprint density at radius 3 is 2.17 bits per heavy atom. The van der Waals surface area contributed by atoms with Crippen LogP contribution in [-0.2, 0) is 4.74 Å². The zero-order valence-corrected chi connectivity index (χ0v) is 15.2. The fourth-order valence-electron chi connectivity index (χ4n) is 2.34. The summed E-state index contributed by atoms with van der Waals surface area (Å²) >= 11 is 3.34. The van der Waals surface area contributed by atoms with E-state index in [1.807, 2.05) is 20.8 Å². The van der Waals surface area contributed by atoms with Gasteiger partial charge >= 0.3 is 6.09 Å². The van der Waals surface area contributed by atoms with Gasteiger partial charge in [-0.3, -0.25) is 4.79 Å². The maximum Gasteiger partial charge on any atom is 0.410 e. The molecule has 0 radical (unpaired) electrons. The molecule has 0 spiro atoms. The third-order valence-corrected chi connectivity index (χ3v) is 3.84. The minimum absolute atomic E-state index is 0.0816. The van der Waals surface area contributed by atoms with E-state index < -0.39 is 5.60 Å². The zero-order chi connectivity index (χ0) is 17.2. The van der Waals surface area contributed by atoms with E-state index in [2.05, 4.69) is 15.9 Å². The fraction of sp³-hybridized carbons (Fsp3) is 0.500. The zero-order valence-electron chi connectivity index (χ0n) is 13.6. The van der Waals surface area contributed by atoms with Gasteiger partial charge in [0.2, 0.25) is 0 Å². The minimum atomic E-state index is -0.516. The minimum Gasteiger partial charge on any atom is -0.444 e. The van der Waals surface area contributed by atoms with Crippen molar-refractivity contribution in [2.24, 2.45) is 0 Å². The molecule has 1 heterocycles. The lowest BCUT2D eigenvalue weighted by molar-refractivity contribution is 0.0141. The molecule has 0 bridgehead atoms. The van der Waals surface area contributed by atoms with Crippen LogP contribution >= 0.6 is 15.9 Å². The second kappa shape index (κ2) is 6.78. The SMILES string of the molecule is CC(C)(C)OC(=O)N1CCN(C(=O)c2cc(N)cc(Br)c2)CC1. The number of ether oxygens (including phenoxy) is 1. The van der Waals surface area contributed by atoms with Gasteiger partial charge in [0.1, 0.15) is 5.60 Å². The Bertz CT molecular complexity index is 585. The van der Waals surface area contributed by atoms with Crippen molar-refractivity contribution in [3.63, 3.8) is 0 Å². The van der Waals surface area contributed by atoms with Crippen LogP contribution in [0.5, 0.6) is 0 Å². The molecule has 1 fully saturated rings. The number of carbonyl (C=O) groups is 2. The predicted molar refractivity (Wildman–Crippen MR) is 92.3 cm³/mol. The first-order chi connectivity index (χ1) is 10.7. The number of benzene rings is 1. The van der Waals surface area contributed by atoms with Crippen LogP contribution in [-0.4, -0.2) is 53.6 Å². The van der Waals surface area contributed by atoms with E-state index in [1.54, 1.807) is 28.0 Å². The molecule has 2 N–H and O–H groups in total. The summed E-state index contributed by atoms with van der Waals surface area (Å²) in [5.41, 5.74) is 6.34. The van der Waals surface area contributed by atoms with Gasteiger partial charge in [0.15, 0.2) is 0 Å². The van der Waals surface area contributed by atoms with Gasteiger partial charge in [0.25, 0.3) is 5.91 Å². The second-order valence-electron chi connectivity index (χ2n) is 6.53. The topological polar surface area (TPSA) is 75.9 Å². The smallest absolute Gasteiger partial charge is 0.410 e. The predicted octanol–water partition coefficient (Wildman–Crippen LogP) is 2.72. The first kappa shape index (κ1) is 17.6. The number of hydrogen-bond acceptors (Lipinski definition) is 4. The number of amides is 2. The highest BCUT2D eigenvalue weighted by Crippen LogP contribution is 2.19. The molecular formula is C16H22BrN3O3. The van der Waals surface area contributed by atoms with Gasteiger partial charge in [-0.25, -0.2) is 4.79 Å². The summed E-state index contributed by atoms with van der Waals surface area (Å²) < 4.78 is 6.12. The molecule has 1 aromatic carbocycles. The van der Waals surface area contributed by atoms with Crippen molar-refractivity contribution in [2.75, 3.05) is 31.9 Å². The molecule has 1 aliphatic rings. The molecule has 1 saturated heterocycles. The van der Waals surface area contributed by atoms with E-state index in [0.29, 0.717) is 37.4 Å². The summed E-state index contributed by atoms with van der Waals surface area (Å²) in [6, 6.07) is 5.16. The van der Waals surface area contributed by atoms with Crippen LogP contribution in [0.1, 0.15) is 31.1 Å². The average molecular weight is 384 g/mol. The van der Waals surface area contributed by atoms with E-state index in [4.69, 9.17) is 10.5 Å². The van der Waals surface area contributed by atoms with Gasteiger partial charge in [-0.15, -0.1) is 0 Å². The number of piperazine rings is 1. The lowest BCUT2D eigenvalue weighted by atomic mass is 10.1. The van der Waals surface area contributed by atoms with Gasteiger partial charge in [-0.1, -0.05) is 15.9 Å². The van der Waals surface area contributed by atoms with Crippen molar-refractivity contribution in [1.29, 1.82) is 0 Å². The molecule has 0 atom stereocenters. The highest BCUT2D eigenvalue weighted by molar-refractivity contribution is 9.10. The van der Waals surface area contributed by atoms with Crippen LogP contribution in [0.2, 0.25) is 0 Å². The summed E-state index contributed by atoms with van der Waals surface area (Å²) in [4.78, 5) is 27.9. The quantitative estimate of drug-likeness (QED) is 0.756. The number of carbonyl (C=O) groups excluding carboxylic acids is 2. The number of nitrogens with zero attached hydrogens (tertiary/aromatic N) is 2. The lowest BCUT2D eigenvalue weighted by Gasteiger charge is -2.35. The number of nitrogens with two attached hydrogens (primary N) is 1. The Morgan fingerprint density at radius 1 is 1.09 bits per heavy atom. The molecule has 6 nitrogen and oxygen atoms in total. The van der Waals surface area contributed by atoms with Crippen LogP contribution in [0.25, 0.3) is 0 Å². The summed E-state index contributed by atoms with van der Waals surface area (Å²) in [5.74, 6) is -0.0816. The van der Waals surface area contributed by atoms with Crippen LogP contribution in [0.15, 0.2) is 22.7 Å². The molecule has 0 unspecified atom stereocenters. The van der Waals surface area contributed by atoms with Gasteiger partial charge in [-0.05, 0) is 39.0 Å². The molecule has 0 aromatic heterocycles. The Balaban J connectivity index is 1.96. The summed E-state index contributed by atoms with van der Waals surface area (Å²) in [5, 5.41) is 0. The van der Waals surface area contributed by atoms with E-state index in [1.165, 1.54) is 0 Å². The maximum absolute atomic E-state index is 12.5. The third kappa shape index (κ3) is 4.86. The summed E-state index contributed by atoms with van der Waals surface area (Å²) in [6.07, 6.45) is -0.337. The molecule has 2 amide bonds. The maximum atomic E-state index is 12.5. The van der Waals surface area contributed by atoms with Crippen molar-refractivity contribution >= 4 is 33.6 Å². The van der Waals surface area contributed by atoms with Gasteiger partial charge in [-0.2, -0.15) is 0 Å².